The highest BCUT2D eigenvalue weighted by Crippen LogP contribution is 2.14. The maximum absolute atomic E-state index is 12.4. The predicted molar refractivity (Wildman–Crippen MR) is 97.2 cm³/mol. The van der Waals surface area contributed by atoms with Gasteiger partial charge in [0.25, 0.3) is 0 Å². The smallest absolute Gasteiger partial charge is 0.475 e. The largest absolute Gasteiger partial charge is 0.490 e. The fourth-order valence-electron chi connectivity index (χ4n) is 2.06. The number of ketones is 1. The van der Waals surface area contributed by atoms with E-state index < -0.39 is 18.2 Å². The van der Waals surface area contributed by atoms with Crippen LogP contribution in [0.1, 0.15) is 35.2 Å². The van der Waals surface area contributed by atoms with Gasteiger partial charge in [0.15, 0.2) is 5.78 Å². The van der Waals surface area contributed by atoms with E-state index in [0.717, 1.165) is 18.4 Å². The number of rotatable bonds is 10. The highest BCUT2D eigenvalue weighted by atomic mass is 19.4. The number of hydrogen-bond donors (Lipinski definition) is 4. The van der Waals surface area contributed by atoms with E-state index in [1.165, 1.54) is 0 Å². The van der Waals surface area contributed by atoms with Crippen molar-refractivity contribution in [1.29, 1.82) is 0 Å². The number of Topliss-reactive ketones (excluding diaryl/α,β-unsaturated/α-hetero) is 1. The molecule has 1 aromatic carbocycles. The number of carboxylic acids is 1. The molecule has 1 rings (SSSR count). The van der Waals surface area contributed by atoms with Gasteiger partial charge in [-0.15, -0.1) is 6.58 Å². The summed E-state index contributed by atoms with van der Waals surface area (Å²) >= 11 is 0. The summed E-state index contributed by atoms with van der Waals surface area (Å²) in [4.78, 5) is 21.3. The lowest BCUT2D eigenvalue weighted by molar-refractivity contribution is -0.192. The Morgan fingerprint density at radius 3 is 2.37 bits per heavy atom. The first-order valence-corrected chi connectivity index (χ1v) is 8.34. The fraction of sp³-hybridized carbons (Fsp3) is 0.444. The Morgan fingerprint density at radius 1 is 1.26 bits per heavy atom. The second-order valence-corrected chi connectivity index (χ2v) is 5.63. The van der Waals surface area contributed by atoms with Gasteiger partial charge in [-0.2, -0.15) is 13.2 Å². The molecular weight excluding hydrogens is 363 g/mol. The SMILES string of the molecule is C=CCNCc1ccccc1C(=O)[C@@H](N)CCCCN.O=C(O)C(F)(F)F. The number of carbonyl (C=O) groups is 2. The molecule has 6 nitrogen and oxygen atoms in total. The molecule has 0 amide bonds. The molecule has 0 aromatic heterocycles. The number of halogens is 3. The number of unbranched alkanes of at least 4 members (excludes halogenated alkanes) is 1. The number of carboxylic acid groups (broad SMARTS) is 1. The van der Waals surface area contributed by atoms with E-state index in [1.807, 2.05) is 24.3 Å². The molecule has 0 spiro atoms. The predicted octanol–water partition coefficient (Wildman–Crippen LogP) is 2.23. The molecule has 152 valence electrons. The van der Waals surface area contributed by atoms with Crippen molar-refractivity contribution in [2.75, 3.05) is 13.1 Å². The van der Waals surface area contributed by atoms with Gasteiger partial charge < -0.3 is 21.9 Å². The van der Waals surface area contributed by atoms with Gasteiger partial charge in [0.1, 0.15) is 0 Å². The Hall–Kier alpha value is -2.23. The van der Waals surface area contributed by atoms with Crippen LogP contribution in [-0.2, 0) is 11.3 Å². The van der Waals surface area contributed by atoms with Crippen LogP contribution in [0.15, 0.2) is 36.9 Å². The average molecular weight is 389 g/mol. The van der Waals surface area contributed by atoms with Crippen LogP contribution in [-0.4, -0.2) is 42.2 Å². The van der Waals surface area contributed by atoms with E-state index in [2.05, 4.69) is 11.9 Å². The highest BCUT2D eigenvalue weighted by molar-refractivity contribution is 6.01. The summed E-state index contributed by atoms with van der Waals surface area (Å²) in [5.41, 5.74) is 13.1. The van der Waals surface area contributed by atoms with E-state index in [0.29, 0.717) is 31.6 Å². The molecule has 0 aliphatic carbocycles. The number of hydrogen-bond acceptors (Lipinski definition) is 5. The van der Waals surface area contributed by atoms with Crippen molar-refractivity contribution in [2.45, 2.75) is 38.0 Å². The lowest BCUT2D eigenvalue weighted by Crippen LogP contribution is -2.31. The number of nitrogens with one attached hydrogen (secondary N) is 1. The normalized spacial score (nSPS) is 11.9. The third-order valence-corrected chi connectivity index (χ3v) is 3.44. The van der Waals surface area contributed by atoms with Crippen molar-refractivity contribution in [3.05, 3.63) is 48.0 Å². The van der Waals surface area contributed by atoms with Gasteiger partial charge in [0, 0.05) is 18.7 Å². The van der Waals surface area contributed by atoms with Crippen LogP contribution in [0.4, 0.5) is 13.2 Å². The Labute approximate surface area is 156 Å². The summed E-state index contributed by atoms with van der Waals surface area (Å²) in [6.07, 6.45) is -0.808. The van der Waals surface area contributed by atoms with Gasteiger partial charge in [-0.3, -0.25) is 4.79 Å². The minimum Gasteiger partial charge on any atom is -0.475 e. The third-order valence-electron chi connectivity index (χ3n) is 3.44. The first kappa shape index (κ1) is 24.8. The Bertz CT molecular complexity index is 607. The molecule has 0 fully saturated rings. The molecule has 0 unspecified atom stereocenters. The number of aliphatic carboxylic acids is 1. The Morgan fingerprint density at radius 2 is 1.85 bits per heavy atom. The summed E-state index contributed by atoms with van der Waals surface area (Å²) in [6, 6.07) is 7.16. The van der Waals surface area contributed by atoms with Crippen LogP contribution in [0.25, 0.3) is 0 Å². The van der Waals surface area contributed by atoms with E-state index in [9.17, 15) is 18.0 Å². The topological polar surface area (TPSA) is 118 Å². The maximum atomic E-state index is 12.4. The van der Waals surface area contributed by atoms with Crippen molar-refractivity contribution in [3.8, 4) is 0 Å². The van der Waals surface area contributed by atoms with Gasteiger partial charge in [-0.1, -0.05) is 36.8 Å². The molecule has 1 aromatic rings. The zero-order chi connectivity index (χ0) is 20.9. The first-order chi connectivity index (χ1) is 12.6. The summed E-state index contributed by atoms with van der Waals surface area (Å²) < 4.78 is 31.7. The van der Waals surface area contributed by atoms with Crippen molar-refractivity contribution in [3.63, 3.8) is 0 Å². The van der Waals surface area contributed by atoms with Gasteiger partial charge >= 0.3 is 12.1 Å². The molecule has 27 heavy (non-hydrogen) atoms. The minimum atomic E-state index is -5.08. The summed E-state index contributed by atoms with van der Waals surface area (Å²) in [5.74, 6) is -2.74. The van der Waals surface area contributed by atoms with Crippen LogP contribution >= 0.6 is 0 Å². The van der Waals surface area contributed by atoms with Crippen molar-refractivity contribution in [2.24, 2.45) is 11.5 Å². The number of carbonyl (C=O) groups excluding carboxylic acids is 1. The van der Waals surface area contributed by atoms with Crippen molar-refractivity contribution >= 4 is 11.8 Å². The van der Waals surface area contributed by atoms with Crippen LogP contribution in [0, 0.1) is 0 Å². The number of benzene rings is 1. The van der Waals surface area contributed by atoms with Gasteiger partial charge in [-0.05, 0) is 24.9 Å². The minimum absolute atomic E-state index is 0.0121. The average Bonchev–Trinajstić information content (AvgIpc) is 2.61. The molecule has 0 aliphatic heterocycles. The monoisotopic (exact) mass is 389 g/mol. The van der Waals surface area contributed by atoms with Crippen LogP contribution < -0.4 is 16.8 Å². The molecule has 0 saturated carbocycles. The standard InChI is InChI=1S/C16H25N3O.C2HF3O2/c1-2-11-19-12-13-7-3-4-8-14(13)16(20)15(18)9-5-6-10-17;3-2(4,5)1(6)7/h2-4,7-8,15,19H,1,5-6,9-12,17-18H2;(H,6,7)/t15-;/m0./s1. The molecule has 0 aliphatic rings. The number of nitrogens with two attached hydrogens (primary N) is 2. The molecule has 0 bridgehead atoms. The molecule has 0 radical (unpaired) electrons. The first-order valence-electron chi connectivity index (χ1n) is 8.34. The fourth-order valence-corrected chi connectivity index (χ4v) is 2.06. The molecule has 0 heterocycles. The van der Waals surface area contributed by atoms with E-state index in [4.69, 9.17) is 21.4 Å². The second kappa shape index (κ2) is 13.0. The second-order valence-electron chi connectivity index (χ2n) is 5.63. The van der Waals surface area contributed by atoms with Gasteiger partial charge in [0.2, 0.25) is 0 Å². The molecule has 0 saturated heterocycles. The highest BCUT2D eigenvalue weighted by Gasteiger charge is 2.38. The number of alkyl halides is 3. The molecule has 1 atom stereocenters. The van der Waals surface area contributed by atoms with Gasteiger partial charge in [-0.25, -0.2) is 4.79 Å². The lowest BCUT2D eigenvalue weighted by atomic mass is 9.96. The summed E-state index contributed by atoms with van der Waals surface area (Å²) in [5, 5.41) is 10.3. The molecule has 9 heteroatoms. The van der Waals surface area contributed by atoms with Crippen LogP contribution in [0.2, 0.25) is 0 Å². The molecular formula is C18H26F3N3O3. The lowest BCUT2D eigenvalue weighted by Gasteiger charge is -2.14. The van der Waals surface area contributed by atoms with Crippen molar-refractivity contribution < 1.29 is 27.9 Å². The zero-order valence-electron chi connectivity index (χ0n) is 15.0. The van der Waals surface area contributed by atoms with Crippen LogP contribution in [0.3, 0.4) is 0 Å². The quantitative estimate of drug-likeness (QED) is 0.277. The maximum Gasteiger partial charge on any atom is 0.490 e. The van der Waals surface area contributed by atoms with E-state index in [-0.39, 0.29) is 5.78 Å². The summed E-state index contributed by atoms with van der Waals surface area (Å²) in [6.45, 7) is 5.66. The third kappa shape index (κ3) is 10.5. The van der Waals surface area contributed by atoms with Crippen molar-refractivity contribution in [1.82, 2.24) is 5.32 Å². The van der Waals surface area contributed by atoms with Gasteiger partial charge in [0.05, 0.1) is 6.04 Å². The Balaban J connectivity index is 0.000000821. The van der Waals surface area contributed by atoms with E-state index >= 15 is 0 Å². The zero-order valence-corrected chi connectivity index (χ0v) is 15.0. The van der Waals surface area contributed by atoms with E-state index in [1.54, 1.807) is 6.08 Å². The Kier molecular flexibility index (Phi) is 11.9. The summed E-state index contributed by atoms with van der Waals surface area (Å²) in [7, 11) is 0. The molecule has 6 N–H and O–H groups in total. The van der Waals surface area contributed by atoms with Crippen LogP contribution in [0.5, 0.6) is 0 Å².